The van der Waals surface area contributed by atoms with Crippen molar-refractivity contribution in [2.45, 2.75) is 31.3 Å². The molecule has 1 heterocycles. The highest BCUT2D eigenvalue weighted by molar-refractivity contribution is 4.89. The highest BCUT2D eigenvalue weighted by Gasteiger charge is 2.38. The third-order valence-electron chi connectivity index (χ3n) is 2.45. The van der Waals surface area contributed by atoms with Gasteiger partial charge < -0.3 is 9.84 Å². The fourth-order valence-electron chi connectivity index (χ4n) is 1.62. The molecule has 2 fully saturated rings. The molecule has 2 heteroatoms. The van der Waals surface area contributed by atoms with Crippen LogP contribution in [-0.2, 0) is 4.74 Å². The highest BCUT2D eigenvalue weighted by atomic mass is 16.5. The van der Waals surface area contributed by atoms with Crippen LogP contribution < -0.4 is 0 Å². The Morgan fingerprint density at radius 3 is 2.80 bits per heavy atom. The molecule has 2 nitrogen and oxygen atoms in total. The zero-order valence-electron chi connectivity index (χ0n) is 6.18. The molecule has 0 aromatic heterocycles. The lowest BCUT2D eigenvalue weighted by Gasteiger charge is -2.19. The maximum atomic E-state index is 9.78. The SMILES string of the molecule is OC1(CC2CC2)CCOC1. The Hall–Kier alpha value is -0.0800. The van der Waals surface area contributed by atoms with E-state index < -0.39 is 5.60 Å². The zero-order valence-corrected chi connectivity index (χ0v) is 6.18. The van der Waals surface area contributed by atoms with Gasteiger partial charge in [-0.1, -0.05) is 12.8 Å². The van der Waals surface area contributed by atoms with Gasteiger partial charge in [0.25, 0.3) is 0 Å². The van der Waals surface area contributed by atoms with Crippen molar-refractivity contribution in [2.75, 3.05) is 13.2 Å². The molecule has 1 N–H and O–H groups in total. The second kappa shape index (κ2) is 2.21. The van der Waals surface area contributed by atoms with Crippen LogP contribution in [0.2, 0.25) is 0 Å². The largest absolute Gasteiger partial charge is 0.387 e. The summed E-state index contributed by atoms with van der Waals surface area (Å²) < 4.78 is 5.14. The molecule has 1 saturated heterocycles. The molecule has 10 heavy (non-hydrogen) atoms. The average molecular weight is 142 g/mol. The molecule has 0 radical (unpaired) electrons. The zero-order chi connectivity index (χ0) is 7.03. The molecule has 1 aliphatic carbocycles. The van der Waals surface area contributed by atoms with Gasteiger partial charge in [0.15, 0.2) is 0 Å². The number of rotatable bonds is 2. The maximum Gasteiger partial charge on any atom is 0.0904 e. The molecule has 1 unspecified atom stereocenters. The number of hydrogen-bond donors (Lipinski definition) is 1. The molecule has 58 valence electrons. The third-order valence-corrected chi connectivity index (χ3v) is 2.45. The Balaban J connectivity index is 1.86. The highest BCUT2D eigenvalue weighted by Crippen LogP contribution is 2.39. The van der Waals surface area contributed by atoms with Gasteiger partial charge in [-0.05, 0) is 12.3 Å². The summed E-state index contributed by atoms with van der Waals surface area (Å²) in [6.45, 7) is 1.33. The van der Waals surface area contributed by atoms with Gasteiger partial charge >= 0.3 is 0 Å². The van der Waals surface area contributed by atoms with Crippen molar-refractivity contribution in [1.29, 1.82) is 0 Å². The van der Waals surface area contributed by atoms with Gasteiger partial charge in [-0.15, -0.1) is 0 Å². The Morgan fingerprint density at radius 1 is 1.50 bits per heavy atom. The molecular weight excluding hydrogens is 128 g/mol. The summed E-state index contributed by atoms with van der Waals surface area (Å²) in [6.07, 6.45) is 4.47. The monoisotopic (exact) mass is 142 g/mol. The second-order valence-electron chi connectivity index (χ2n) is 3.67. The first-order valence-electron chi connectivity index (χ1n) is 4.09. The minimum atomic E-state index is -0.443. The van der Waals surface area contributed by atoms with E-state index in [1.165, 1.54) is 12.8 Å². The predicted molar refractivity (Wildman–Crippen MR) is 37.7 cm³/mol. The van der Waals surface area contributed by atoms with E-state index in [1.807, 2.05) is 0 Å². The number of aliphatic hydroxyl groups is 1. The van der Waals surface area contributed by atoms with E-state index in [1.54, 1.807) is 0 Å². The first-order valence-corrected chi connectivity index (χ1v) is 4.09. The Morgan fingerprint density at radius 2 is 2.30 bits per heavy atom. The van der Waals surface area contributed by atoms with Gasteiger partial charge in [-0.25, -0.2) is 0 Å². The van der Waals surface area contributed by atoms with Crippen molar-refractivity contribution in [3.63, 3.8) is 0 Å². The Bertz CT molecular complexity index is 123. The molecule has 1 saturated carbocycles. The minimum Gasteiger partial charge on any atom is -0.387 e. The van der Waals surface area contributed by atoms with Crippen LogP contribution in [0.3, 0.4) is 0 Å². The lowest BCUT2D eigenvalue weighted by molar-refractivity contribution is 0.0146. The van der Waals surface area contributed by atoms with Gasteiger partial charge in [0, 0.05) is 13.0 Å². The van der Waals surface area contributed by atoms with E-state index in [0.717, 1.165) is 25.4 Å². The molecule has 1 aliphatic heterocycles. The molecular formula is C8H14O2. The number of ether oxygens (including phenoxy) is 1. The average Bonchev–Trinajstić information content (AvgIpc) is 2.56. The molecule has 2 aliphatic rings. The molecule has 0 amide bonds. The van der Waals surface area contributed by atoms with E-state index in [9.17, 15) is 5.11 Å². The first kappa shape index (κ1) is 6.62. The topological polar surface area (TPSA) is 29.5 Å². The normalized spacial score (nSPS) is 40.5. The quantitative estimate of drug-likeness (QED) is 0.621. The van der Waals surface area contributed by atoms with E-state index >= 15 is 0 Å². The van der Waals surface area contributed by atoms with Gasteiger partial charge in [0.2, 0.25) is 0 Å². The molecule has 1 atom stereocenters. The van der Waals surface area contributed by atoms with E-state index in [2.05, 4.69) is 0 Å². The fourth-order valence-corrected chi connectivity index (χ4v) is 1.62. The summed E-state index contributed by atoms with van der Waals surface area (Å²) in [6, 6.07) is 0. The second-order valence-corrected chi connectivity index (χ2v) is 3.67. The van der Waals surface area contributed by atoms with E-state index in [-0.39, 0.29) is 0 Å². The summed E-state index contributed by atoms with van der Waals surface area (Å²) in [5.41, 5.74) is -0.443. The van der Waals surface area contributed by atoms with Crippen molar-refractivity contribution < 1.29 is 9.84 Å². The summed E-state index contributed by atoms with van der Waals surface area (Å²) in [5, 5.41) is 9.78. The molecule has 0 aromatic carbocycles. The van der Waals surface area contributed by atoms with Gasteiger partial charge in [-0.3, -0.25) is 0 Å². The van der Waals surface area contributed by atoms with Crippen molar-refractivity contribution >= 4 is 0 Å². The van der Waals surface area contributed by atoms with Crippen LogP contribution in [0.5, 0.6) is 0 Å². The standard InChI is InChI=1S/C8H14O2/c9-8(3-4-10-6-8)5-7-1-2-7/h7,9H,1-6H2. The van der Waals surface area contributed by atoms with Crippen molar-refractivity contribution in [3.8, 4) is 0 Å². The fraction of sp³-hybridized carbons (Fsp3) is 1.00. The summed E-state index contributed by atoms with van der Waals surface area (Å²) in [4.78, 5) is 0. The van der Waals surface area contributed by atoms with Gasteiger partial charge in [0.05, 0.1) is 12.2 Å². The van der Waals surface area contributed by atoms with Crippen molar-refractivity contribution in [1.82, 2.24) is 0 Å². The predicted octanol–water partition coefficient (Wildman–Crippen LogP) is 0.938. The van der Waals surface area contributed by atoms with Crippen LogP contribution in [-0.4, -0.2) is 23.9 Å². The van der Waals surface area contributed by atoms with Crippen LogP contribution in [0.15, 0.2) is 0 Å². The molecule has 0 aromatic rings. The molecule has 0 spiro atoms. The van der Waals surface area contributed by atoms with E-state index in [0.29, 0.717) is 6.61 Å². The Labute approximate surface area is 61.2 Å². The summed E-state index contributed by atoms with van der Waals surface area (Å²) >= 11 is 0. The van der Waals surface area contributed by atoms with Gasteiger partial charge in [-0.2, -0.15) is 0 Å². The van der Waals surface area contributed by atoms with Crippen LogP contribution in [0.4, 0.5) is 0 Å². The van der Waals surface area contributed by atoms with Crippen LogP contribution in [0.1, 0.15) is 25.7 Å². The minimum absolute atomic E-state index is 0.443. The van der Waals surface area contributed by atoms with E-state index in [4.69, 9.17) is 4.74 Å². The molecule has 2 rings (SSSR count). The van der Waals surface area contributed by atoms with Crippen LogP contribution in [0.25, 0.3) is 0 Å². The van der Waals surface area contributed by atoms with Crippen LogP contribution in [0, 0.1) is 5.92 Å². The van der Waals surface area contributed by atoms with Crippen molar-refractivity contribution in [2.24, 2.45) is 5.92 Å². The Kier molecular flexibility index (Phi) is 1.46. The smallest absolute Gasteiger partial charge is 0.0904 e. The van der Waals surface area contributed by atoms with Crippen LogP contribution >= 0.6 is 0 Å². The first-order chi connectivity index (χ1) is 4.79. The lowest BCUT2D eigenvalue weighted by Crippen LogP contribution is -2.29. The van der Waals surface area contributed by atoms with Gasteiger partial charge in [0.1, 0.15) is 0 Å². The summed E-state index contributed by atoms with van der Waals surface area (Å²) in [5.74, 6) is 0.812. The molecule has 0 bridgehead atoms. The van der Waals surface area contributed by atoms with Crippen molar-refractivity contribution in [3.05, 3.63) is 0 Å². The number of hydrogen-bond acceptors (Lipinski definition) is 2. The third kappa shape index (κ3) is 1.32. The maximum absolute atomic E-state index is 9.78. The lowest BCUT2D eigenvalue weighted by atomic mass is 9.96. The summed E-state index contributed by atoms with van der Waals surface area (Å²) in [7, 11) is 0.